The van der Waals surface area contributed by atoms with Gasteiger partial charge in [0.05, 0.1) is 23.1 Å². The van der Waals surface area contributed by atoms with Crippen molar-refractivity contribution < 1.29 is 14.6 Å². The molecule has 3 rings (SSSR count). The monoisotopic (exact) mass is 374 g/mol. The molecule has 6 heteroatoms. The van der Waals surface area contributed by atoms with Gasteiger partial charge < -0.3 is 14.6 Å². The van der Waals surface area contributed by atoms with Crippen molar-refractivity contribution in [3.8, 4) is 11.5 Å². The number of aliphatic hydroxyl groups excluding tert-OH is 1. The Morgan fingerprint density at radius 1 is 1.30 bits per heavy atom. The Morgan fingerprint density at radius 2 is 2.10 bits per heavy atom. The first-order chi connectivity index (χ1) is 9.66. The van der Waals surface area contributed by atoms with E-state index in [1.807, 2.05) is 11.4 Å². The van der Waals surface area contributed by atoms with Gasteiger partial charge in [0.25, 0.3) is 0 Å². The number of hydrogen-bond acceptors (Lipinski definition) is 4. The number of rotatable bonds is 2. The van der Waals surface area contributed by atoms with E-state index in [0.717, 1.165) is 15.8 Å². The van der Waals surface area contributed by atoms with Crippen molar-refractivity contribution in [2.45, 2.75) is 12.5 Å². The topological polar surface area (TPSA) is 38.7 Å². The van der Waals surface area contributed by atoms with Gasteiger partial charge in [0.1, 0.15) is 6.10 Å². The molecule has 1 unspecified atom stereocenters. The van der Waals surface area contributed by atoms with Crippen LogP contribution in [0.25, 0.3) is 0 Å². The number of aliphatic hydroxyl groups is 1. The molecule has 1 aromatic heterocycles. The molecule has 0 aliphatic carbocycles. The van der Waals surface area contributed by atoms with Gasteiger partial charge in [-0.25, -0.2) is 0 Å². The van der Waals surface area contributed by atoms with Crippen LogP contribution in [0.3, 0.4) is 0 Å². The highest BCUT2D eigenvalue weighted by molar-refractivity contribution is 9.10. The summed E-state index contributed by atoms with van der Waals surface area (Å²) in [5.41, 5.74) is 0.697. The summed E-state index contributed by atoms with van der Waals surface area (Å²) >= 11 is 11.2. The van der Waals surface area contributed by atoms with E-state index in [9.17, 15) is 5.11 Å². The van der Waals surface area contributed by atoms with E-state index in [4.69, 9.17) is 21.1 Å². The Labute approximate surface area is 134 Å². The Bertz CT molecular complexity index is 629. The minimum atomic E-state index is -0.737. The zero-order valence-corrected chi connectivity index (χ0v) is 13.6. The Kier molecular flexibility index (Phi) is 4.21. The lowest BCUT2D eigenvalue weighted by Crippen LogP contribution is -2.00. The fraction of sp³-hybridized carbons (Fsp3) is 0.286. The van der Waals surface area contributed by atoms with Gasteiger partial charge in [0.2, 0.25) is 0 Å². The maximum absolute atomic E-state index is 10.5. The molecule has 0 bridgehead atoms. The molecule has 0 fully saturated rings. The van der Waals surface area contributed by atoms with Gasteiger partial charge in [0.15, 0.2) is 11.5 Å². The molecule has 3 nitrogen and oxygen atoms in total. The number of halogens is 2. The molecule has 2 heterocycles. The van der Waals surface area contributed by atoms with Crippen LogP contribution in [0.1, 0.15) is 23.0 Å². The highest BCUT2D eigenvalue weighted by atomic mass is 79.9. The molecule has 1 aromatic carbocycles. The number of hydrogen-bond donors (Lipinski definition) is 1. The highest BCUT2D eigenvalue weighted by Gasteiger charge is 2.21. The molecule has 106 valence electrons. The summed E-state index contributed by atoms with van der Waals surface area (Å²) in [5, 5.41) is 12.9. The second-order valence-electron chi connectivity index (χ2n) is 4.42. The van der Waals surface area contributed by atoms with E-state index in [0.29, 0.717) is 35.3 Å². The van der Waals surface area contributed by atoms with Gasteiger partial charge in [-0.15, -0.1) is 11.3 Å². The minimum Gasteiger partial charge on any atom is -0.489 e. The maximum Gasteiger partial charge on any atom is 0.179 e. The quantitative estimate of drug-likeness (QED) is 0.845. The predicted octanol–water partition coefficient (Wildman–Crippen LogP) is 4.41. The largest absolute Gasteiger partial charge is 0.489 e. The summed E-state index contributed by atoms with van der Waals surface area (Å²) in [6.07, 6.45) is 0.0818. The summed E-state index contributed by atoms with van der Waals surface area (Å²) < 4.78 is 12.1. The van der Waals surface area contributed by atoms with E-state index in [1.54, 1.807) is 12.1 Å². The average molecular weight is 376 g/mol. The SMILES string of the molecule is OC(c1cc(Cl)c2c(c1)OCCCO2)c1sccc1Br. The molecule has 1 atom stereocenters. The van der Waals surface area contributed by atoms with Crippen molar-refractivity contribution in [2.24, 2.45) is 0 Å². The van der Waals surface area contributed by atoms with E-state index in [1.165, 1.54) is 11.3 Å². The third-order valence-electron chi connectivity index (χ3n) is 3.03. The summed E-state index contributed by atoms with van der Waals surface area (Å²) in [5.74, 6) is 1.15. The lowest BCUT2D eigenvalue weighted by molar-refractivity contribution is 0.222. The van der Waals surface area contributed by atoms with Crippen LogP contribution in [0, 0.1) is 0 Å². The first kappa shape index (κ1) is 14.2. The van der Waals surface area contributed by atoms with E-state index in [-0.39, 0.29) is 0 Å². The Hall–Kier alpha value is -0.750. The molecule has 0 saturated heterocycles. The van der Waals surface area contributed by atoms with Crippen LogP contribution in [0.2, 0.25) is 5.02 Å². The van der Waals surface area contributed by atoms with Crippen molar-refractivity contribution in [1.82, 2.24) is 0 Å². The van der Waals surface area contributed by atoms with Gasteiger partial charge in [-0.05, 0) is 45.1 Å². The zero-order valence-electron chi connectivity index (χ0n) is 10.4. The van der Waals surface area contributed by atoms with Crippen LogP contribution in [0.4, 0.5) is 0 Å². The standard InChI is InChI=1S/C14H12BrClO3S/c15-9-2-5-20-14(9)12(17)8-6-10(16)13-11(7-8)18-3-1-4-19-13/h2,5-7,12,17H,1,3-4H2. The van der Waals surface area contributed by atoms with Crippen LogP contribution in [-0.4, -0.2) is 18.3 Å². The van der Waals surface area contributed by atoms with Gasteiger partial charge >= 0.3 is 0 Å². The molecule has 0 saturated carbocycles. The van der Waals surface area contributed by atoms with Gasteiger partial charge in [0, 0.05) is 10.9 Å². The molecule has 0 amide bonds. The predicted molar refractivity (Wildman–Crippen MR) is 83.1 cm³/mol. The molecule has 0 spiro atoms. The van der Waals surface area contributed by atoms with Crippen LogP contribution in [-0.2, 0) is 0 Å². The molecule has 1 aliphatic heterocycles. The van der Waals surface area contributed by atoms with E-state index in [2.05, 4.69) is 15.9 Å². The van der Waals surface area contributed by atoms with Crippen LogP contribution < -0.4 is 9.47 Å². The lowest BCUT2D eigenvalue weighted by Gasteiger charge is -2.15. The fourth-order valence-electron chi connectivity index (χ4n) is 2.06. The normalized spacial score (nSPS) is 15.8. The summed E-state index contributed by atoms with van der Waals surface area (Å²) in [4.78, 5) is 0.843. The summed E-state index contributed by atoms with van der Waals surface area (Å²) in [7, 11) is 0. The lowest BCUT2D eigenvalue weighted by atomic mass is 10.1. The summed E-state index contributed by atoms with van der Waals surface area (Å²) in [6, 6.07) is 5.43. The Morgan fingerprint density at radius 3 is 2.85 bits per heavy atom. The van der Waals surface area contributed by atoms with E-state index >= 15 is 0 Å². The van der Waals surface area contributed by atoms with Crippen LogP contribution >= 0.6 is 38.9 Å². The smallest absolute Gasteiger partial charge is 0.179 e. The number of thiophene rings is 1. The van der Waals surface area contributed by atoms with Crippen LogP contribution in [0.15, 0.2) is 28.1 Å². The molecule has 1 aliphatic rings. The average Bonchev–Trinajstić information content (AvgIpc) is 2.72. The molecule has 2 aromatic rings. The van der Waals surface area contributed by atoms with Crippen molar-refractivity contribution in [2.75, 3.05) is 13.2 Å². The van der Waals surface area contributed by atoms with Crippen molar-refractivity contribution >= 4 is 38.9 Å². The van der Waals surface area contributed by atoms with Crippen molar-refractivity contribution in [3.63, 3.8) is 0 Å². The first-order valence-electron chi connectivity index (χ1n) is 6.17. The van der Waals surface area contributed by atoms with Gasteiger partial charge in [-0.3, -0.25) is 0 Å². The highest BCUT2D eigenvalue weighted by Crippen LogP contribution is 2.42. The fourth-order valence-corrected chi connectivity index (χ4v) is 3.93. The third-order valence-corrected chi connectivity index (χ3v) is 5.24. The third kappa shape index (κ3) is 2.68. The number of ether oxygens (including phenoxy) is 2. The molecular weight excluding hydrogens is 364 g/mol. The molecule has 0 radical (unpaired) electrons. The van der Waals surface area contributed by atoms with E-state index < -0.39 is 6.10 Å². The van der Waals surface area contributed by atoms with Gasteiger partial charge in [-0.2, -0.15) is 0 Å². The number of benzene rings is 1. The maximum atomic E-state index is 10.5. The van der Waals surface area contributed by atoms with Crippen molar-refractivity contribution in [1.29, 1.82) is 0 Å². The van der Waals surface area contributed by atoms with Gasteiger partial charge in [-0.1, -0.05) is 11.6 Å². The number of fused-ring (bicyclic) bond motifs is 1. The Balaban J connectivity index is 2.01. The second kappa shape index (κ2) is 5.93. The second-order valence-corrected chi connectivity index (χ2v) is 6.63. The molecule has 1 N–H and O–H groups in total. The summed E-state index contributed by atoms with van der Waals surface area (Å²) in [6.45, 7) is 1.18. The van der Waals surface area contributed by atoms with Crippen molar-refractivity contribution in [3.05, 3.63) is 43.5 Å². The zero-order chi connectivity index (χ0) is 14.1. The first-order valence-corrected chi connectivity index (χ1v) is 8.22. The minimum absolute atomic E-state index is 0.464. The molecule has 20 heavy (non-hydrogen) atoms. The molecular formula is C14H12BrClO3S. The van der Waals surface area contributed by atoms with Crippen LogP contribution in [0.5, 0.6) is 11.5 Å².